The molecule has 0 unspecified atom stereocenters. The summed E-state index contributed by atoms with van der Waals surface area (Å²) in [7, 11) is 0. The highest BCUT2D eigenvalue weighted by molar-refractivity contribution is 6.52. The minimum Gasteiger partial charge on any atom is -0.507 e. The number of fused-ring (bicyclic) bond motifs is 1. The molecule has 128 valence electrons. The van der Waals surface area contributed by atoms with Gasteiger partial charge in [0.15, 0.2) is 0 Å². The van der Waals surface area contributed by atoms with E-state index < -0.39 is 23.7 Å². The number of carbonyl (C=O) groups is 2. The predicted molar refractivity (Wildman–Crippen MR) is 81.4 cm³/mol. The molecule has 0 heterocycles. The number of aliphatic hydroxyl groups is 1. The maximum Gasteiger partial charge on any atom is 0.391 e. The van der Waals surface area contributed by atoms with Crippen molar-refractivity contribution in [3.63, 3.8) is 0 Å². The standard InChI is InChI=1S/C18H17F3O3/c19-18(20,21)11-7-5-10(6-8-11)9-14-15(22)12-3-1-2-4-13(12)16(23)17(14)24/h1-4,10-11,22H,5-9H2. The number of Topliss-reactive ketones (excluding diaryl/α,β-unsaturated/α-hetero) is 2. The normalized spacial score (nSPS) is 25.0. The fraction of sp³-hybridized carbons (Fsp3) is 0.444. The lowest BCUT2D eigenvalue weighted by Gasteiger charge is -2.30. The maximum absolute atomic E-state index is 12.7. The van der Waals surface area contributed by atoms with Gasteiger partial charge in [-0.3, -0.25) is 9.59 Å². The topological polar surface area (TPSA) is 54.4 Å². The van der Waals surface area contributed by atoms with E-state index in [0.29, 0.717) is 18.4 Å². The molecule has 0 bridgehead atoms. The first kappa shape index (κ1) is 16.7. The highest BCUT2D eigenvalue weighted by Gasteiger charge is 2.42. The third-order valence-electron chi connectivity index (χ3n) is 5.00. The molecule has 1 aromatic carbocycles. The summed E-state index contributed by atoms with van der Waals surface area (Å²) in [6, 6.07) is 6.32. The van der Waals surface area contributed by atoms with E-state index in [2.05, 4.69) is 0 Å². The number of alkyl halides is 3. The van der Waals surface area contributed by atoms with Crippen LogP contribution < -0.4 is 0 Å². The Balaban J connectivity index is 1.78. The van der Waals surface area contributed by atoms with E-state index in [1.165, 1.54) is 6.07 Å². The lowest BCUT2D eigenvalue weighted by molar-refractivity contribution is -0.183. The first-order valence-electron chi connectivity index (χ1n) is 7.96. The molecule has 1 N–H and O–H groups in total. The highest BCUT2D eigenvalue weighted by atomic mass is 19.4. The van der Waals surface area contributed by atoms with Crippen molar-refractivity contribution in [2.24, 2.45) is 11.8 Å². The summed E-state index contributed by atoms with van der Waals surface area (Å²) in [6.45, 7) is 0. The first-order valence-corrected chi connectivity index (χ1v) is 7.96. The van der Waals surface area contributed by atoms with Crippen LogP contribution >= 0.6 is 0 Å². The second kappa shape index (κ2) is 6.07. The molecule has 3 nitrogen and oxygen atoms in total. The quantitative estimate of drug-likeness (QED) is 0.809. The van der Waals surface area contributed by atoms with Crippen molar-refractivity contribution >= 4 is 17.3 Å². The van der Waals surface area contributed by atoms with Crippen molar-refractivity contribution in [1.82, 2.24) is 0 Å². The molecule has 3 rings (SSSR count). The zero-order chi connectivity index (χ0) is 17.5. The summed E-state index contributed by atoms with van der Waals surface area (Å²) < 4.78 is 38.2. The molecule has 0 aromatic heterocycles. The second-order valence-corrected chi connectivity index (χ2v) is 6.49. The molecule has 1 aromatic rings. The van der Waals surface area contributed by atoms with Gasteiger partial charge in [-0.25, -0.2) is 0 Å². The van der Waals surface area contributed by atoms with E-state index in [1.807, 2.05) is 0 Å². The summed E-state index contributed by atoms with van der Waals surface area (Å²) in [5.41, 5.74) is 0.528. The molecule has 0 aliphatic heterocycles. The third-order valence-corrected chi connectivity index (χ3v) is 5.00. The largest absolute Gasteiger partial charge is 0.507 e. The number of allylic oxidation sites excluding steroid dienone is 1. The number of aliphatic hydroxyl groups excluding tert-OH is 1. The van der Waals surface area contributed by atoms with Gasteiger partial charge in [-0.05, 0) is 38.0 Å². The maximum atomic E-state index is 12.7. The van der Waals surface area contributed by atoms with Gasteiger partial charge in [-0.2, -0.15) is 13.2 Å². The highest BCUT2D eigenvalue weighted by Crippen LogP contribution is 2.42. The summed E-state index contributed by atoms with van der Waals surface area (Å²) in [5.74, 6) is -3.04. The summed E-state index contributed by atoms with van der Waals surface area (Å²) in [6.07, 6.45) is -3.30. The summed E-state index contributed by atoms with van der Waals surface area (Å²) in [4.78, 5) is 24.4. The van der Waals surface area contributed by atoms with Gasteiger partial charge in [0.1, 0.15) is 5.76 Å². The second-order valence-electron chi connectivity index (χ2n) is 6.49. The van der Waals surface area contributed by atoms with Gasteiger partial charge < -0.3 is 5.11 Å². The van der Waals surface area contributed by atoms with E-state index in [-0.39, 0.29) is 42.1 Å². The minimum absolute atomic E-state index is 0.0287. The summed E-state index contributed by atoms with van der Waals surface area (Å²) >= 11 is 0. The SMILES string of the molecule is O=C1C(=O)c2ccccc2C(O)=C1CC1CCC(C(F)(F)F)CC1. The van der Waals surface area contributed by atoms with Crippen molar-refractivity contribution in [2.75, 3.05) is 0 Å². The molecular weight excluding hydrogens is 321 g/mol. The molecule has 2 aliphatic carbocycles. The van der Waals surface area contributed by atoms with E-state index in [1.54, 1.807) is 18.2 Å². The Morgan fingerprint density at radius 2 is 1.54 bits per heavy atom. The van der Waals surface area contributed by atoms with Gasteiger partial charge >= 0.3 is 6.18 Å². The molecule has 0 amide bonds. The molecule has 6 heteroatoms. The Morgan fingerprint density at radius 1 is 0.958 bits per heavy atom. The zero-order valence-corrected chi connectivity index (χ0v) is 12.9. The fourth-order valence-electron chi connectivity index (χ4n) is 3.59. The van der Waals surface area contributed by atoms with E-state index in [9.17, 15) is 27.9 Å². The van der Waals surface area contributed by atoms with Crippen LogP contribution in [-0.4, -0.2) is 22.8 Å². The van der Waals surface area contributed by atoms with Gasteiger partial charge in [0.05, 0.1) is 5.92 Å². The van der Waals surface area contributed by atoms with Crippen LogP contribution in [0.2, 0.25) is 0 Å². The number of halogens is 3. The van der Waals surface area contributed by atoms with Crippen molar-refractivity contribution in [3.05, 3.63) is 41.0 Å². The number of benzene rings is 1. The Bertz CT molecular complexity index is 710. The van der Waals surface area contributed by atoms with E-state index in [4.69, 9.17) is 0 Å². The van der Waals surface area contributed by atoms with E-state index in [0.717, 1.165) is 0 Å². The Hall–Kier alpha value is -2.11. The Labute approximate surface area is 137 Å². The Morgan fingerprint density at radius 3 is 2.12 bits per heavy atom. The predicted octanol–water partition coefficient (Wildman–Crippen LogP) is 4.48. The van der Waals surface area contributed by atoms with Crippen LogP contribution in [0.15, 0.2) is 29.8 Å². The molecule has 0 radical (unpaired) electrons. The van der Waals surface area contributed by atoms with Crippen molar-refractivity contribution in [2.45, 2.75) is 38.3 Å². The molecule has 24 heavy (non-hydrogen) atoms. The van der Waals surface area contributed by atoms with Gasteiger partial charge in [0, 0.05) is 16.7 Å². The number of carbonyl (C=O) groups excluding carboxylic acids is 2. The number of ketones is 2. The monoisotopic (exact) mass is 338 g/mol. The summed E-state index contributed by atoms with van der Waals surface area (Å²) in [5, 5.41) is 10.3. The van der Waals surface area contributed by atoms with Gasteiger partial charge in [0.2, 0.25) is 11.6 Å². The van der Waals surface area contributed by atoms with Crippen LogP contribution in [-0.2, 0) is 4.79 Å². The van der Waals surface area contributed by atoms with Crippen molar-refractivity contribution < 1.29 is 27.9 Å². The number of hydrogen-bond acceptors (Lipinski definition) is 3. The Kier molecular flexibility index (Phi) is 4.24. The fourth-order valence-corrected chi connectivity index (χ4v) is 3.59. The van der Waals surface area contributed by atoms with Gasteiger partial charge in [0.25, 0.3) is 0 Å². The lowest BCUT2D eigenvalue weighted by atomic mass is 9.76. The molecule has 0 atom stereocenters. The average Bonchev–Trinajstić information content (AvgIpc) is 2.56. The van der Waals surface area contributed by atoms with Crippen LogP contribution in [0, 0.1) is 11.8 Å². The third kappa shape index (κ3) is 2.97. The molecule has 0 spiro atoms. The number of rotatable bonds is 2. The molecule has 1 saturated carbocycles. The average molecular weight is 338 g/mol. The van der Waals surface area contributed by atoms with E-state index >= 15 is 0 Å². The van der Waals surface area contributed by atoms with Crippen LogP contribution in [0.25, 0.3) is 5.76 Å². The molecule has 0 saturated heterocycles. The van der Waals surface area contributed by atoms with Crippen LogP contribution in [0.4, 0.5) is 13.2 Å². The molecule has 2 aliphatic rings. The number of hydrogen-bond donors (Lipinski definition) is 1. The zero-order valence-electron chi connectivity index (χ0n) is 12.9. The van der Waals surface area contributed by atoms with Crippen molar-refractivity contribution in [1.29, 1.82) is 0 Å². The molecule has 1 fully saturated rings. The van der Waals surface area contributed by atoms with Crippen molar-refractivity contribution in [3.8, 4) is 0 Å². The molecular formula is C18H17F3O3. The minimum atomic E-state index is -4.18. The van der Waals surface area contributed by atoms with Crippen LogP contribution in [0.3, 0.4) is 0 Å². The van der Waals surface area contributed by atoms with Crippen LogP contribution in [0.5, 0.6) is 0 Å². The smallest absolute Gasteiger partial charge is 0.391 e. The first-order chi connectivity index (χ1) is 11.3. The lowest BCUT2D eigenvalue weighted by Crippen LogP contribution is -2.29. The van der Waals surface area contributed by atoms with Crippen LogP contribution in [0.1, 0.15) is 48.0 Å². The van der Waals surface area contributed by atoms with Gasteiger partial charge in [-0.15, -0.1) is 0 Å². The van der Waals surface area contributed by atoms with Gasteiger partial charge in [-0.1, -0.05) is 24.3 Å².